The summed E-state index contributed by atoms with van der Waals surface area (Å²) < 4.78 is 13.1. The summed E-state index contributed by atoms with van der Waals surface area (Å²) in [5.74, 6) is -0.165. The number of hydrogen-bond donors (Lipinski definition) is 0. The van der Waals surface area contributed by atoms with Crippen molar-refractivity contribution in [2.75, 3.05) is 7.11 Å². The summed E-state index contributed by atoms with van der Waals surface area (Å²) >= 11 is 20.4. The predicted octanol–water partition coefficient (Wildman–Crippen LogP) is 6.34. The maximum absolute atomic E-state index is 13.9. The molecule has 204 valence electrons. The second kappa shape index (κ2) is 12.0. The van der Waals surface area contributed by atoms with Gasteiger partial charge in [0, 0.05) is 21.2 Å². The molecule has 1 aromatic heterocycles. The standard InChI is InChI=1S/C30H23Cl3N2O4S/c1-3-23-25(29(37)38-2)26(17-9-5-4-6-10-17)35-28(36)24(40-30(35)34-23)14-19-13-20(31)15-22(33)27(19)39-16-18-11-7-8-12-21(18)32/h4-15,26H,3,16H2,1-2H3/b24-14+/t26-/m0/s1. The molecule has 0 amide bonds. The highest BCUT2D eigenvalue weighted by molar-refractivity contribution is 7.07. The number of nitrogens with zero attached hydrogens (tertiary/aromatic N) is 2. The average molecular weight is 614 g/mol. The Morgan fingerprint density at radius 1 is 1.05 bits per heavy atom. The van der Waals surface area contributed by atoms with Gasteiger partial charge in [0.2, 0.25) is 0 Å². The molecule has 1 aliphatic heterocycles. The number of benzene rings is 3. The zero-order chi connectivity index (χ0) is 28.4. The lowest BCUT2D eigenvalue weighted by Crippen LogP contribution is -2.40. The van der Waals surface area contributed by atoms with Gasteiger partial charge in [-0.2, -0.15) is 0 Å². The second-order valence-corrected chi connectivity index (χ2v) is 11.1. The SMILES string of the molecule is CCC1=C(C(=O)OC)[C@H](c2ccccc2)n2c(s/c(=C/c3cc(Cl)cc(Cl)c3OCc3ccccc3Cl)c2=O)=N1. The molecular weight excluding hydrogens is 591 g/mol. The molecule has 0 radical (unpaired) electrons. The molecule has 3 aromatic carbocycles. The molecule has 0 saturated heterocycles. The van der Waals surface area contributed by atoms with Gasteiger partial charge in [0.25, 0.3) is 5.56 Å². The van der Waals surface area contributed by atoms with E-state index in [0.29, 0.717) is 53.4 Å². The van der Waals surface area contributed by atoms with Crippen LogP contribution in [-0.2, 0) is 16.1 Å². The molecule has 0 unspecified atom stereocenters. The van der Waals surface area contributed by atoms with E-state index in [0.717, 1.165) is 11.1 Å². The first-order valence-electron chi connectivity index (χ1n) is 12.4. The maximum atomic E-state index is 13.9. The number of carbonyl (C=O) groups is 1. The average Bonchev–Trinajstić information content (AvgIpc) is 3.26. The molecule has 0 bridgehead atoms. The predicted molar refractivity (Wildman–Crippen MR) is 159 cm³/mol. The minimum Gasteiger partial charge on any atom is -0.487 e. The Morgan fingerprint density at radius 2 is 1.77 bits per heavy atom. The molecule has 2 heterocycles. The van der Waals surface area contributed by atoms with E-state index in [1.54, 1.807) is 24.3 Å². The highest BCUT2D eigenvalue weighted by Crippen LogP contribution is 2.35. The van der Waals surface area contributed by atoms with Gasteiger partial charge in [0.15, 0.2) is 4.80 Å². The van der Waals surface area contributed by atoms with Gasteiger partial charge in [0.1, 0.15) is 12.4 Å². The number of fused-ring (bicyclic) bond motifs is 1. The molecule has 0 aliphatic carbocycles. The topological polar surface area (TPSA) is 69.9 Å². The lowest BCUT2D eigenvalue weighted by molar-refractivity contribution is -0.136. The number of rotatable bonds is 7. The van der Waals surface area contributed by atoms with Gasteiger partial charge >= 0.3 is 5.97 Å². The first kappa shape index (κ1) is 28.2. The summed E-state index contributed by atoms with van der Waals surface area (Å²) in [5.41, 5.74) is 2.67. The van der Waals surface area contributed by atoms with Crippen molar-refractivity contribution < 1.29 is 14.3 Å². The number of methoxy groups -OCH3 is 1. The van der Waals surface area contributed by atoms with Crippen molar-refractivity contribution in [3.05, 3.63) is 129 Å². The van der Waals surface area contributed by atoms with Crippen molar-refractivity contribution in [1.82, 2.24) is 4.57 Å². The van der Waals surface area contributed by atoms with Crippen molar-refractivity contribution in [2.24, 2.45) is 4.99 Å². The Bertz CT molecular complexity index is 1810. The Balaban J connectivity index is 1.67. The van der Waals surface area contributed by atoms with Crippen LogP contribution in [0.3, 0.4) is 0 Å². The Morgan fingerprint density at radius 3 is 2.48 bits per heavy atom. The van der Waals surface area contributed by atoms with Gasteiger partial charge in [0.05, 0.1) is 34.0 Å². The van der Waals surface area contributed by atoms with Crippen LogP contribution in [0, 0.1) is 0 Å². The van der Waals surface area contributed by atoms with Crippen LogP contribution in [0.4, 0.5) is 0 Å². The summed E-state index contributed by atoms with van der Waals surface area (Å²) in [5, 5.41) is 1.25. The highest BCUT2D eigenvalue weighted by atomic mass is 35.5. The van der Waals surface area contributed by atoms with E-state index in [-0.39, 0.29) is 12.2 Å². The highest BCUT2D eigenvalue weighted by Gasteiger charge is 2.33. The van der Waals surface area contributed by atoms with Crippen LogP contribution in [0.5, 0.6) is 5.75 Å². The van der Waals surface area contributed by atoms with Crippen LogP contribution in [0.25, 0.3) is 6.08 Å². The molecule has 5 rings (SSSR count). The molecule has 1 aliphatic rings. The normalized spacial score (nSPS) is 15.0. The summed E-state index contributed by atoms with van der Waals surface area (Å²) in [7, 11) is 1.32. The van der Waals surface area contributed by atoms with Gasteiger partial charge in [-0.05, 0) is 36.3 Å². The van der Waals surface area contributed by atoms with Crippen molar-refractivity contribution in [3.8, 4) is 5.75 Å². The van der Waals surface area contributed by atoms with E-state index in [1.807, 2.05) is 55.5 Å². The van der Waals surface area contributed by atoms with E-state index >= 15 is 0 Å². The van der Waals surface area contributed by atoms with E-state index in [2.05, 4.69) is 0 Å². The van der Waals surface area contributed by atoms with E-state index in [4.69, 9.17) is 49.3 Å². The van der Waals surface area contributed by atoms with Crippen LogP contribution in [0.1, 0.15) is 36.1 Å². The number of halogens is 3. The number of esters is 1. The van der Waals surface area contributed by atoms with Gasteiger partial charge in [-0.25, -0.2) is 9.79 Å². The molecule has 0 saturated carbocycles. The summed E-state index contributed by atoms with van der Waals surface area (Å²) in [6, 6.07) is 19.3. The van der Waals surface area contributed by atoms with Crippen molar-refractivity contribution in [3.63, 3.8) is 0 Å². The third-order valence-corrected chi connectivity index (χ3v) is 8.27. The second-order valence-electron chi connectivity index (χ2n) is 8.88. The van der Waals surface area contributed by atoms with Gasteiger partial charge < -0.3 is 9.47 Å². The van der Waals surface area contributed by atoms with Gasteiger partial charge in [-0.3, -0.25) is 9.36 Å². The molecule has 40 heavy (non-hydrogen) atoms. The van der Waals surface area contributed by atoms with Gasteiger partial charge in [-0.15, -0.1) is 0 Å². The minimum atomic E-state index is -0.694. The number of hydrogen-bond acceptors (Lipinski definition) is 6. The first-order chi connectivity index (χ1) is 19.3. The molecule has 0 spiro atoms. The van der Waals surface area contributed by atoms with Crippen LogP contribution in [0.15, 0.2) is 87.8 Å². The quantitative estimate of drug-likeness (QED) is 0.228. The van der Waals surface area contributed by atoms with Crippen LogP contribution in [0.2, 0.25) is 15.1 Å². The number of allylic oxidation sites excluding steroid dienone is 1. The maximum Gasteiger partial charge on any atom is 0.338 e. The summed E-state index contributed by atoms with van der Waals surface area (Å²) in [6.45, 7) is 2.08. The molecule has 0 N–H and O–H groups in total. The number of thiazole rings is 1. The van der Waals surface area contributed by atoms with E-state index < -0.39 is 12.0 Å². The molecule has 1 atom stereocenters. The fourth-order valence-electron chi connectivity index (χ4n) is 4.56. The fourth-order valence-corrected chi connectivity index (χ4v) is 6.33. The van der Waals surface area contributed by atoms with Gasteiger partial charge in [-0.1, -0.05) is 102 Å². The lowest BCUT2D eigenvalue weighted by Gasteiger charge is -2.25. The Kier molecular flexibility index (Phi) is 8.47. The van der Waals surface area contributed by atoms with E-state index in [1.165, 1.54) is 23.0 Å². The monoisotopic (exact) mass is 612 g/mol. The largest absolute Gasteiger partial charge is 0.487 e. The Hall–Kier alpha value is -3.36. The number of carbonyl (C=O) groups excluding carboxylic acids is 1. The molecule has 0 fully saturated rings. The summed E-state index contributed by atoms with van der Waals surface area (Å²) in [4.78, 5) is 32.1. The lowest BCUT2D eigenvalue weighted by atomic mass is 9.95. The zero-order valence-corrected chi connectivity index (χ0v) is 24.6. The van der Waals surface area contributed by atoms with Crippen molar-refractivity contribution >= 4 is 58.2 Å². The Labute approximate surface area is 249 Å². The molecular formula is C30H23Cl3N2O4S. The van der Waals surface area contributed by atoms with Crippen LogP contribution >= 0.6 is 46.1 Å². The smallest absolute Gasteiger partial charge is 0.338 e. The molecule has 6 nitrogen and oxygen atoms in total. The minimum absolute atomic E-state index is 0.166. The molecule has 4 aromatic rings. The summed E-state index contributed by atoms with van der Waals surface area (Å²) in [6.07, 6.45) is 2.17. The van der Waals surface area contributed by atoms with Crippen LogP contribution < -0.4 is 19.6 Å². The van der Waals surface area contributed by atoms with E-state index in [9.17, 15) is 9.59 Å². The third-order valence-electron chi connectivity index (χ3n) is 6.42. The first-order valence-corrected chi connectivity index (χ1v) is 14.3. The third kappa shape index (κ3) is 5.47. The number of ether oxygens (including phenoxy) is 2. The zero-order valence-electron chi connectivity index (χ0n) is 21.5. The van der Waals surface area contributed by atoms with Crippen molar-refractivity contribution in [2.45, 2.75) is 26.0 Å². The molecule has 10 heteroatoms. The fraction of sp³-hybridized carbons (Fsp3) is 0.167. The number of aromatic nitrogens is 1. The van der Waals surface area contributed by atoms with Crippen molar-refractivity contribution in [1.29, 1.82) is 0 Å². The van der Waals surface area contributed by atoms with Crippen LogP contribution in [-0.4, -0.2) is 17.6 Å².